The maximum Gasteiger partial charge on any atom is 0.0418 e. The molecule has 0 saturated carbocycles. The fraction of sp³-hybridized carbons (Fsp3) is 0.222. The molecule has 21 heavy (non-hydrogen) atoms. The van der Waals surface area contributed by atoms with Gasteiger partial charge in [0.05, 0.1) is 0 Å². The van der Waals surface area contributed by atoms with Gasteiger partial charge in [0.2, 0.25) is 0 Å². The van der Waals surface area contributed by atoms with E-state index in [4.69, 9.17) is 0 Å². The van der Waals surface area contributed by atoms with Gasteiger partial charge in [-0.25, -0.2) is 0 Å². The molecule has 1 heterocycles. The van der Waals surface area contributed by atoms with E-state index in [0.29, 0.717) is 0 Å². The zero-order chi connectivity index (χ0) is 15.0. The molecular formula is C18H19BrN2. The molecule has 3 aromatic rings. The lowest BCUT2D eigenvalue weighted by atomic mass is 10.1. The molecule has 0 saturated heterocycles. The highest BCUT2D eigenvalue weighted by Gasteiger charge is 2.05. The maximum atomic E-state index is 3.52. The van der Waals surface area contributed by atoms with Gasteiger partial charge in [0.1, 0.15) is 0 Å². The first-order chi connectivity index (χ1) is 10.0. The van der Waals surface area contributed by atoms with Crippen molar-refractivity contribution in [3.63, 3.8) is 0 Å². The highest BCUT2D eigenvalue weighted by Crippen LogP contribution is 2.23. The van der Waals surface area contributed by atoms with Gasteiger partial charge in [-0.3, -0.25) is 0 Å². The average molecular weight is 343 g/mol. The average Bonchev–Trinajstić information content (AvgIpc) is 2.72. The van der Waals surface area contributed by atoms with E-state index < -0.39 is 0 Å². The number of fused-ring (bicyclic) bond motifs is 1. The van der Waals surface area contributed by atoms with Crippen LogP contribution in [0.3, 0.4) is 0 Å². The van der Waals surface area contributed by atoms with Crippen molar-refractivity contribution in [2.75, 3.05) is 5.32 Å². The van der Waals surface area contributed by atoms with E-state index in [-0.39, 0.29) is 0 Å². The van der Waals surface area contributed by atoms with Crippen LogP contribution in [0.5, 0.6) is 0 Å². The van der Waals surface area contributed by atoms with Crippen LogP contribution in [0.4, 0.5) is 5.69 Å². The van der Waals surface area contributed by atoms with Gasteiger partial charge >= 0.3 is 0 Å². The van der Waals surface area contributed by atoms with Crippen LogP contribution in [-0.4, -0.2) is 4.57 Å². The Balaban J connectivity index is 1.81. The van der Waals surface area contributed by atoms with Gasteiger partial charge in [0, 0.05) is 35.1 Å². The Bertz CT molecular complexity index is 802. The molecule has 2 nitrogen and oxygen atoms in total. The lowest BCUT2D eigenvalue weighted by molar-refractivity contribution is 0.837. The Kier molecular flexibility index (Phi) is 3.77. The smallest absolute Gasteiger partial charge is 0.0418 e. The molecule has 108 valence electrons. The van der Waals surface area contributed by atoms with E-state index in [1.807, 2.05) is 0 Å². The van der Waals surface area contributed by atoms with Crippen LogP contribution in [0, 0.1) is 13.8 Å². The zero-order valence-corrected chi connectivity index (χ0v) is 14.2. The summed E-state index contributed by atoms with van der Waals surface area (Å²) in [6, 6.07) is 15.1. The van der Waals surface area contributed by atoms with E-state index in [9.17, 15) is 0 Å². The summed E-state index contributed by atoms with van der Waals surface area (Å²) in [6.07, 6.45) is 0. The van der Waals surface area contributed by atoms with Crippen molar-refractivity contribution >= 4 is 32.4 Å². The lowest BCUT2D eigenvalue weighted by Crippen LogP contribution is -2.01. The van der Waals surface area contributed by atoms with Crippen LogP contribution in [0.2, 0.25) is 0 Å². The highest BCUT2D eigenvalue weighted by molar-refractivity contribution is 9.10. The molecule has 0 unspecified atom stereocenters. The maximum absolute atomic E-state index is 3.52. The van der Waals surface area contributed by atoms with E-state index in [2.05, 4.69) is 89.2 Å². The number of rotatable bonds is 3. The summed E-state index contributed by atoms with van der Waals surface area (Å²) in [6.45, 7) is 5.17. The number of nitrogens with one attached hydrogen (secondary N) is 1. The van der Waals surface area contributed by atoms with Gasteiger partial charge in [0.15, 0.2) is 0 Å². The minimum Gasteiger partial charge on any atom is -0.381 e. The van der Waals surface area contributed by atoms with Crippen molar-refractivity contribution in [2.45, 2.75) is 20.4 Å². The van der Waals surface area contributed by atoms with Crippen molar-refractivity contribution in [3.05, 3.63) is 63.9 Å². The first-order valence-corrected chi connectivity index (χ1v) is 7.89. The second kappa shape index (κ2) is 5.57. The third-order valence-electron chi connectivity index (χ3n) is 4.17. The molecular weight excluding hydrogens is 324 g/mol. The van der Waals surface area contributed by atoms with Gasteiger partial charge < -0.3 is 9.88 Å². The fourth-order valence-electron chi connectivity index (χ4n) is 2.64. The highest BCUT2D eigenvalue weighted by atomic mass is 79.9. The molecule has 1 aromatic heterocycles. The minimum atomic E-state index is 0.857. The monoisotopic (exact) mass is 342 g/mol. The number of hydrogen-bond donors (Lipinski definition) is 1. The van der Waals surface area contributed by atoms with Gasteiger partial charge in [-0.1, -0.05) is 28.1 Å². The molecule has 0 atom stereocenters. The normalized spacial score (nSPS) is 11.0. The summed E-state index contributed by atoms with van der Waals surface area (Å²) in [5.74, 6) is 0. The summed E-state index contributed by atoms with van der Waals surface area (Å²) in [4.78, 5) is 0. The Morgan fingerprint density at radius 2 is 1.71 bits per heavy atom. The molecule has 3 heteroatoms. The van der Waals surface area contributed by atoms with Crippen molar-refractivity contribution in [1.82, 2.24) is 4.57 Å². The molecule has 0 spiro atoms. The number of hydrogen-bond acceptors (Lipinski definition) is 1. The third kappa shape index (κ3) is 2.84. The quantitative estimate of drug-likeness (QED) is 0.694. The van der Waals surface area contributed by atoms with Crippen LogP contribution in [-0.2, 0) is 13.6 Å². The molecule has 0 amide bonds. The molecule has 0 bridgehead atoms. The van der Waals surface area contributed by atoms with Gasteiger partial charge in [-0.05, 0) is 60.5 Å². The Morgan fingerprint density at radius 3 is 2.43 bits per heavy atom. The van der Waals surface area contributed by atoms with Crippen molar-refractivity contribution < 1.29 is 0 Å². The third-order valence-corrected chi connectivity index (χ3v) is 4.66. The standard InChI is InChI=1S/C18H19BrN2/c1-12-8-16(13(2)21(12)3)11-20-18-7-5-14-9-17(19)6-4-15(14)10-18/h4-10,20H,11H2,1-3H3. The van der Waals surface area contributed by atoms with Crippen LogP contribution in [0.25, 0.3) is 10.8 Å². The lowest BCUT2D eigenvalue weighted by Gasteiger charge is -2.08. The van der Waals surface area contributed by atoms with Crippen LogP contribution in [0.1, 0.15) is 17.0 Å². The molecule has 0 radical (unpaired) electrons. The molecule has 3 rings (SSSR count). The second-order valence-corrected chi connectivity index (χ2v) is 6.43. The largest absolute Gasteiger partial charge is 0.381 e. The molecule has 0 aliphatic carbocycles. The summed E-state index contributed by atoms with van der Waals surface area (Å²) >= 11 is 3.51. The molecule has 1 N–H and O–H groups in total. The SMILES string of the molecule is Cc1cc(CNc2ccc3cc(Br)ccc3c2)c(C)n1C. The van der Waals surface area contributed by atoms with E-state index in [1.54, 1.807) is 0 Å². The number of nitrogens with zero attached hydrogens (tertiary/aromatic N) is 1. The fourth-order valence-corrected chi connectivity index (χ4v) is 3.01. The van der Waals surface area contributed by atoms with Gasteiger partial charge in [0.25, 0.3) is 0 Å². The van der Waals surface area contributed by atoms with E-state index in [0.717, 1.165) is 16.7 Å². The Morgan fingerprint density at radius 1 is 1.00 bits per heavy atom. The minimum absolute atomic E-state index is 0.857. The molecule has 0 fully saturated rings. The number of halogens is 1. The first-order valence-electron chi connectivity index (χ1n) is 7.09. The van der Waals surface area contributed by atoms with Crippen molar-refractivity contribution in [3.8, 4) is 0 Å². The van der Waals surface area contributed by atoms with Crippen LogP contribution < -0.4 is 5.32 Å². The number of benzene rings is 2. The molecule has 0 aliphatic heterocycles. The summed E-state index contributed by atoms with van der Waals surface area (Å²) < 4.78 is 3.35. The first kappa shape index (κ1) is 14.2. The van der Waals surface area contributed by atoms with Crippen molar-refractivity contribution in [1.29, 1.82) is 0 Å². The summed E-state index contributed by atoms with van der Waals surface area (Å²) in [5.41, 5.74) is 5.13. The summed E-state index contributed by atoms with van der Waals surface area (Å²) in [5, 5.41) is 6.03. The molecule has 2 aromatic carbocycles. The predicted octanol–water partition coefficient (Wildman–Crippen LogP) is 5.17. The van der Waals surface area contributed by atoms with Gasteiger partial charge in [-0.2, -0.15) is 0 Å². The van der Waals surface area contributed by atoms with Gasteiger partial charge in [-0.15, -0.1) is 0 Å². The Labute approximate surface area is 133 Å². The second-order valence-electron chi connectivity index (χ2n) is 5.52. The Hall–Kier alpha value is -1.74. The number of aryl methyl sites for hydroxylation is 1. The van der Waals surface area contributed by atoms with Crippen LogP contribution in [0.15, 0.2) is 46.9 Å². The van der Waals surface area contributed by atoms with E-state index in [1.165, 1.54) is 27.7 Å². The number of anilines is 1. The van der Waals surface area contributed by atoms with Crippen LogP contribution >= 0.6 is 15.9 Å². The van der Waals surface area contributed by atoms with E-state index >= 15 is 0 Å². The number of aromatic nitrogens is 1. The zero-order valence-electron chi connectivity index (χ0n) is 12.6. The summed E-state index contributed by atoms with van der Waals surface area (Å²) in [7, 11) is 2.11. The predicted molar refractivity (Wildman–Crippen MR) is 93.9 cm³/mol. The van der Waals surface area contributed by atoms with Crippen molar-refractivity contribution in [2.24, 2.45) is 7.05 Å². The molecule has 0 aliphatic rings. The topological polar surface area (TPSA) is 17.0 Å².